The molecule has 1 aliphatic heterocycles. The number of hydrogen-bond donors (Lipinski definition) is 1. The van der Waals surface area contributed by atoms with Gasteiger partial charge in [0.15, 0.2) is 0 Å². The van der Waals surface area contributed by atoms with Crippen LogP contribution in [0.5, 0.6) is 0 Å². The number of nitrogens with one attached hydrogen (secondary N) is 1. The lowest BCUT2D eigenvalue weighted by Gasteiger charge is -2.33. The third-order valence-electron chi connectivity index (χ3n) is 3.59. The Bertz CT molecular complexity index is 342. The molecule has 1 saturated heterocycles. The Morgan fingerprint density at radius 3 is 2.83 bits per heavy atom. The van der Waals surface area contributed by atoms with Gasteiger partial charge in [-0.15, -0.1) is 0 Å². The smallest absolute Gasteiger partial charge is 0.0657 e. The van der Waals surface area contributed by atoms with E-state index < -0.39 is 0 Å². The van der Waals surface area contributed by atoms with Crippen LogP contribution in [0.25, 0.3) is 0 Å². The van der Waals surface area contributed by atoms with Crippen molar-refractivity contribution in [2.24, 2.45) is 5.92 Å². The molecule has 1 aromatic carbocycles. The summed E-state index contributed by atoms with van der Waals surface area (Å²) in [6.45, 7) is 4.66. The molecule has 3 heteroatoms. The maximum absolute atomic E-state index is 5.49. The SMILES string of the molecule is COCC(NC1CCOCC1C)c1ccccc1. The Hall–Kier alpha value is -0.900. The van der Waals surface area contributed by atoms with Crippen LogP contribution < -0.4 is 5.32 Å². The Balaban J connectivity index is 2.01. The first-order chi connectivity index (χ1) is 8.81. The lowest BCUT2D eigenvalue weighted by atomic mass is 9.95. The van der Waals surface area contributed by atoms with E-state index in [1.54, 1.807) is 7.11 Å². The summed E-state index contributed by atoms with van der Waals surface area (Å²) in [4.78, 5) is 0. The monoisotopic (exact) mass is 249 g/mol. The molecule has 3 nitrogen and oxygen atoms in total. The van der Waals surface area contributed by atoms with E-state index in [-0.39, 0.29) is 6.04 Å². The molecule has 18 heavy (non-hydrogen) atoms. The molecule has 1 fully saturated rings. The average Bonchev–Trinajstić information content (AvgIpc) is 2.42. The van der Waals surface area contributed by atoms with Crippen LogP contribution in [0.2, 0.25) is 0 Å². The van der Waals surface area contributed by atoms with Crippen LogP contribution in [-0.4, -0.2) is 33.0 Å². The molecule has 3 atom stereocenters. The van der Waals surface area contributed by atoms with Crippen molar-refractivity contribution in [3.63, 3.8) is 0 Å². The van der Waals surface area contributed by atoms with Gasteiger partial charge in [-0.25, -0.2) is 0 Å². The van der Waals surface area contributed by atoms with Crippen molar-refractivity contribution < 1.29 is 9.47 Å². The van der Waals surface area contributed by atoms with Gasteiger partial charge in [-0.3, -0.25) is 0 Å². The third-order valence-corrected chi connectivity index (χ3v) is 3.59. The van der Waals surface area contributed by atoms with Gasteiger partial charge in [-0.2, -0.15) is 0 Å². The average molecular weight is 249 g/mol. The van der Waals surface area contributed by atoms with Crippen molar-refractivity contribution in [1.82, 2.24) is 5.32 Å². The predicted molar refractivity (Wildman–Crippen MR) is 72.6 cm³/mol. The summed E-state index contributed by atoms with van der Waals surface area (Å²) in [5, 5.41) is 3.72. The molecule has 0 radical (unpaired) electrons. The van der Waals surface area contributed by atoms with E-state index in [0.29, 0.717) is 18.6 Å². The van der Waals surface area contributed by atoms with Crippen molar-refractivity contribution in [2.45, 2.75) is 25.4 Å². The molecule has 2 rings (SSSR count). The lowest BCUT2D eigenvalue weighted by molar-refractivity contribution is 0.0312. The quantitative estimate of drug-likeness (QED) is 0.869. The summed E-state index contributed by atoms with van der Waals surface area (Å²) in [6.07, 6.45) is 1.08. The standard InChI is InChI=1S/C15H23NO2/c1-12-10-18-9-8-14(12)16-15(11-17-2)13-6-4-3-5-7-13/h3-7,12,14-16H,8-11H2,1-2H3. The van der Waals surface area contributed by atoms with Gasteiger partial charge in [0.25, 0.3) is 0 Å². The van der Waals surface area contributed by atoms with Crippen molar-refractivity contribution in [1.29, 1.82) is 0 Å². The van der Waals surface area contributed by atoms with E-state index in [2.05, 4.69) is 36.5 Å². The maximum atomic E-state index is 5.49. The zero-order valence-electron chi connectivity index (χ0n) is 11.3. The molecule has 0 amide bonds. The van der Waals surface area contributed by atoms with Gasteiger partial charge in [0.1, 0.15) is 0 Å². The first-order valence-electron chi connectivity index (χ1n) is 6.69. The Kier molecular flexibility index (Phi) is 5.17. The van der Waals surface area contributed by atoms with E-state index in [1.807, 2.05) is 6.07 Å². The summed E-state index contributed by atoms with van der Waals surface area (Å²) < 4.78 is 10.8. The molecule has 1 aliphatic rings. The zero-order valence-corrected chi connectivity index (χ0v) is 11.3. The maximum Gasteiger partial charge on any atom is 0.0657 e. The summed E-state index contributed by atoms with van der Waals surface area (Å²) in [6, 6.07) is 11.3. The van der Waals surface area contributed by atoms with Gasteiger partial charge < -0.3 is 14.8 Å². The van der Waals surface area contributed by atoms with E-state index in [4.69, 9.17) is 9.47 Å². The Labute approximate surface area is 109 Å². The number of benzene rings is 1. The van der Waals surface area contributed by atoms with Crippen LogP contribution in [0.3, 0.4) is 0 Å². The molecular weight excluding hydrogens is 226 g/mol. The minimum Gasteiger partial charge on any atom is -0.383 e. The van der Waals surface area contributed by atoms with Crippen LogP contribution >= 0.6 is 0 Å². The van der Waals surface area contributed by atoms with Crippen LogP contribution in [0.4, 0.5) is 0 Å². The minimum absolute atomic E-state index is 0.266. The van der Waals surface area contributed by atoms with Gasteiger partial charge in [-0.1, -0.05) is 37.3 Å². The Morgan fingerprint density at radius 1 is 1.39 bits per heavy atom. The fourth-order valence-electron chi connectivity index (χ4n) is 2.48. The van der Waals surface area contributed by atoms with Gasteiger partial charge in [0.2, 0.25) is 0 Å². The molecule has 0 bridgehead atoms. The van der Waals surface area contributed by atoms with E-state index in [1.165, 1.54) is 5.56 Å². The highest BCUT2D eigenvalue weighted by atomic mass is 16.5. The van der Waals surface area contributed by atoms with Crippen molar-refractivity contribution in [2.75, 3.05) is 26.9 Å². The van der Waals surface area contributed by atoms with E-state index >= 15 is 0 Å². The first-order valence-corrected chi connectivity index (χ1v) is 6.69. The topological polar surface area (TPSA) is 30.5 Å². The molecule has 0 aliphatic carbocycles. The van der Waals surface area contributed by atoms with Crippen LogP contribution in [0.1, 0.15) is 24.9 Å². The lowest BCUT2D eigenvalue weighted by Crippen LogP contribution is -2.44. The minimum atomic E-state index is 0.266. The number of hydrogen-bond acceptors (Lipinski definition) is 3. The van der Waals surface area contributed by atoms with Crippen LogP contribution in [0.15, 0.2) is 30.3 Å². The highest BCUT2D eigenvalue weighted by molar-refractivity contribution is 5.19. The molecule has 1 N–H and O–H groups in total. The molecule has 0 aromatic heterocycles. The largest absolute Gasteiger partial charge is 0.383 e. The van der Waals surface area contributed by atoms with Crippen LogP contribution in [0, 0.1) is 5.92 Å². The van der Waals surface area contributed by atoms with Crippen molar-refractivity contribution in [3.8, 4) is 0 Å². The second-order valence-corrected chi connectivity index (χ2v) is 5.03. The normalized spacial score (nSPS) is 25.9. The van der Waals surface area contributed by atoms with Crippen molar-refractivity contribution in [3.05, 3.63) is 35.9 Å². The fourth-order valence-corrected chi connectivity index (χ4v) is 2.48. The summed E-state index contributed by atoms with van der Waals surface area (Å²) >= 11 is 0. The van der Waals surface area contributed by atoms with Gasteiger partial charge in [0.05, 0.1) is 19.3 Å². The second-order valence-electron chi connectivity index (χ2n) is 5.03. The summed E-state index contributed by atoms with van der Waals surface area (Å²) in [5.74, 6) is 0.557. The number of rotatable bonds is 5. The molecular formula is C15H23NO2. The molecule has 0 spiro atoms. The summed E-state index contributed by atoms with van der Waals surface area (Å²) in [5.41, 5.74) is 1.29. The third kappa shape index (κ3) is 3.55. The number of methoxy groups -OCH3 is 1. The Morgan fingerprint density at radius 2 is 2.17 bits per heavy atom. The molecule has 1 heterocycles. The highest BCUT2D eigenvalue weighted by Gasteiger charge is 2.24. The molecule has 3 unspecified atom stereocenters. The summed E-state index contributed by atoms with van der Waals surface area (Å²) in [7, 11) is 1.75. The molecule has 0 saturated carbocycles. The van der Waals surface area contributed by atoms with E-state index in [0.717, 1.165) is 19.6 Å². The molecule has 1 aromatic rings. The van der Waals surface area contributed by atoms with Gasteiger partial charge >= 0.3 is 0 Å². The van der Waals surface area contributed by atoms with Crippen molar-refractivity contribution >= 4 is 0 Å². The van der Waals surface area contributed by atoms with Crippen LogP contribution in [-0.2, 0) is 9.47 Å². The highest BCUT2D eigenvalue weighted by Crippen LogP contribution is 2.20. The van der Waals surface area contributed by atoms with Gasteiger partial charge in [-0.05, 0) is 17.9 Å². The number of ether oxygens (including phenoxy) is 2. The fraction of sp³-hybridized carbons (Fsp3) is 0.600. The second kappa shape index (κ2) is 6.88. The first kappa shape index (κ1) is 13.5. The van der Waals surface area contributed by atoms with Gasteiger partial charge in [0, 0.05) is 19.8 Å². The zero-order chi connectivity index (χ0) is 12.8. The molecule has 100 valence electrons. The predicted octanol–water partition coefficient (Wildman–Crippen LogP) is 2.39. The van der Waals surface area contributed by atoms with E-state index in [9.17, 15) is 0 Å².